The van der Waals surface area contributed by atoms with Crippen LogP contribution < -0.4 is 15.4 Å². The van der Waals surface area contributed by atoms with Crippen LogP contribution in [0.2, 0.25) is 0 Å². The first kappa shape index (κ1) is 13.4. The molecule has 0 spiro atoms. The maximum Gasteiger partial charge on any atom is 0.270 e. The average molecular weight is 274 g/mol. The molecule has 0 radical (unpaired) electrons. The van der Waals surface area contributed by atoms with Gasteiger partial charge in [0.2, 0.25) is 0 Å². The summed E-state index contributed by atoms with van der Waals surface area (Å²) in [7, 11) is 1.80. The Balaban J connectivity index is 2.04. The molecule has 3 rings (SSSR count). The molecule has 4 nitrogen and oxygen atoms in total. The van der Waals surface area contributed by atoms with E-state index >= 15 is 0 Å². The molecule has 0 atom stereocenters. The maximum atomic E-state index is 12.3. The average Bonchev–Trinajstić information content (AvgIpc) is 2.84. The summed E-state index contributed by atoms with van der Waals surface area (Å²) >= 11 is 0. The Kier molecular flexibility index (Phi) is 2.83. The van der Waals surface area contributed by atoms with Gasteiger partial charge in [-0.3, -0.25) is 4.79 Å². The number of ether oxygens (including phenoxy) is 1. The summed E-state index contributed by atoms with van der Waals surface area (Å²) in [6, 6.07) is 6.01. The van der Waals surface area contributed by atoms with Crippen LogP contribution in [0, 0.1) is 0 Å². The number of benzene rings is 1. The van der Waals surface area contributed by atoms with Crippen molar-refractivity contribution in [3.05, 3.63) is 23.8 Å². The molecule has 20 heavy (non-hydrogen) atoms. The van der Waals surface area contributed by atoms with Gasteiger partial charge in [0.15, 0.2) is 5.60 Å². The molecule has 0 bridgehead atoms. The van der Waals surface area contributed by atoms with Gasteiger partial charge in [0, 0.05) is 12.6 Å². The zero-order valence-corrected chi connectivity index (χ0v) is 12.4. The predicted molar refractivity (Wildman–Crippen MR) is 78.9 cm³/mol. The fourth-order valence-corrected chi connectivity index (χ4v) is 3.30. The fraction of sp³-hybridized carbons (Fsp3) is 0.562. The Hall–Kier alpha value is -1.55. The Morgan fingerprint density at radius 3 is 2.55 bits per heavy atom. The quantitative estimate of drug-likeness (QED) is 0.856. The number of amides is 1. The molecule has 1 fully saturated rings. The van der Waals surface area contributed by atoms with Crippen LogP contribution in [-0.2, 0) is 10.3 Å². The van der Waals surface area contributed by atoms with E-state index in [9.17, 15) is 4.79 Å². The minimum absolute atomic E-state index is 0.0281. The largest absolute Gasteiger partial charge is 0.476 e. The summed E-state index contributed by atoms with van der Waals surface area (Å²) in [4.78, 5) is 14.0. The van der Waals surface area contributed by atoms with E-state index in [1.54, 1.807) is 25.8 Å². The van der Waals surface area contributed by atoms with Gasteiger partial charge < -0.3 is 15.4 Å². The zero-order chi connectivity index (χ0) is 14.5. The van der Waals surface area contributed by atoms with Gasteiger partial charge in [-0.15, -0.1) is 0 Å². The third-order valence-corrected chi connectivity index (χ3v) is 4.58. The highest BCUT2D eigenvalue weighted by molar-refractivity contribution is 6.02. The van der Waals surface area contributed by atoms with Gasteiger partial charge in [-0.2, -0.15) is 0 Å². The minimum Gasteiger partial charge on any atom is -0.476 e. The van der Waals surface area contributed by atoms with Crippen LogP contribution in [0.4, 0.5) is 5.69 Å². The molecule has 1 aliphatic carbocycles. The lowest BCUT2D eigenvalue weighted by molar-refractivity contribution is -0.132. The second-order valence-electron chi connectivity index (χ2n) is 6.52. The van der Waals surface area contributed by atoms with Crippen LogP contribution in [0.25, 0.3) is 0 Å². The van der Waals surface area contributed by atoms with Crippen LogP contribution in [0.3, 0.4) is 0 Å². The van der Waals surface area contributed by atoms with Crippen molar-refractivity contribution in [3.63, 3.8) is 0 Å². The number of nitrogens with zero attached hydrogens (tertiary/aromatic N) is 1. The second kappa shape index (κ2) is 4.22. The standard InChI is InChI=1S/C16H22N2O2/c1-15(2)14(19)18(3)12-10-11(6-7-13(12)20-15)16(17)8-4-5-9-16/h6-7,10H,4-5,8-9,17H2,1-3H3. The smallest absolute Gasteiger partial charge is 0.270 e. The summed E-state index contributed by atoms with van der Waals surface area (Å²) in [5.41, 5.74) is 7.38. The van der Waals surface area contributed by atoms with Crippen LogP contribution in [0.15, 0.2) is 18.2 Å². The number of carbonyl (C=O) groups is 1. The van der Waals surface area contributed by atoms with Crippen molar-refractivity contribution >= 4 is 11.6 Å². The van der Waals surface area contributed by atoms with E-state index in [1.165, 1.54) is 12.8 Å². The number of hydrogen-bond acceptors (Lipinski definition) is 3. The van der Waals surface area contributed by atoms with E-state index in [-0.39, 0.29) is 11.4 Å². The predicted octanol–water partition coefficient (Wildman–Crippen LogP) is 2.55. The molecule has 0 unspecified atom stereocenters. The van der Waals surface area contributed by atoms with Crippen molar-refractivity contribution in [1.29, 1.82) is 0 Å². The molecule has 108 valence electrons. The van der Waals surface area contributed by atoms with E-state index < -0.39 is 5.60 Å². The second-order valence-corrected chi connectivity index (χ2v) is 6.52. The van der Waals surface area contributed by atoms with Gasteiger partial charge in [0.1, 0.15) is 5.75 Å². The van der Waals surface area contributed by atoms with Crippen LogP contribution in [-0.4, -0.2) is 18.6 Å². The number of nitrogens with two attached hydrogens (primary N) is 1. The summed E-state index contributed by atoms with van der Waals surface area (Å²) in [5.74, 6) is 0.724. The molecule has 2 aliphatic rings. The zero-order valence-electron chi connectivity index (χ0n) is 12.4. The number of likely N-dealkylation sites (N-methyl/N-ethyl adjacent to an activating group) is 1. The lowest BCUT2D eigenvalue weighted by Gasteiger charge is -2.38. The fourth-order valence-electron chi connectivity index (χ4n) is 3.30. The number of rotatable bonds is 1. The van der Waals surface area contributed by atoms with Gasteiger partial charge in [0.05, 0.1) is 5.69 Å². The molecule has 1 heterocycles. The normalized spacial score (nSPS) is 23.4. The molecule has 0 saturated heterocycles. The Morgan fingerprint density at radius 1 is 1.25 bits per heavy atom. The maximum absolute atomic E-state index is 12.3. The van der Waals surface area contributed by atoms with Gasteiger partial charge in [0.25, 0.3) is 5.91 Å². The molecular weight excluding hydrogens is 252 g/mol. The number of fused-ring (bicyclic) bond motifs is 1. The van der Waals surface area contributed by atoms with Crippen molar-refractivity contribution in [3.8, 4) is 5.75 Å². The Labute approximate surface area is 119 Å². The topological polar surface area (TPSA) is 55.6 Å². The number of anilines is 1. The highest BCUT2D eigenvalue weighted by atomic mass is 16.5. The molecule has 1 aliphatic heterocycles. The molecule has 1 amide bonds. The lowest BCUT2D eigenvalue weighted by atomic mass is 9.88. The van der Waals surface area contributed by atoms with Crippen molar-refractivity contribution in [1.82, 2.24) is 0 Å². The van der Waals surface area contributed by atoms with Crippen molar-refractivity contribution in [2.75, 3.05) is 11.9 Å². The first-order valence-electron chi connectivity index (χ1n) is 7.24. The van der Waals surface area contributed by atoms with E-state index in [2.05, 4.69) is 0 Å². The molecule has 4 heteroatoms. The van der Waals surface area contributed by atoms with Crippen molar-refractivity contribution in [2.45, 2.75) is 50.7 Å². The number of carbonyl (C=O) groups excluding carboxylic acids is 1. The molecule has 2 N–H and O–H groups in total. The first-order chi connectivity index (χ1) is 9.33. The molecule has 1 aromatic carbocycles. The van der Waals surface area contributed by atoms with E-state index in [4.69, 9.17) is 10.5 Å². The van der Waals surface area contributed by atoms with Crippen LogP contribution >= 0.6 is 0 Å². The Bertz CT molecular complexity index is 560. The van der Waals surface area contributed by atoms with E-state index in [1.807, 2.05) is 18.2 Å². The van der Waals surface area contributed by atoms with Gasteiger partial charge in [-0.1, -0.05) is 18.9 Å². The molecule has 1 aromatic rings. The highest BCUT2D eigenvalue weighted by Crippen LogP contribution is 2.42. The first-order valence-corrected chi connectivity index (χ1v) is 7.24. The van der Waals surface area contributed by atoms with Crippen LogP contribution in [0.1, 0.15) is 45.1 Å². The third-order valence-electron chi connectivity index (χ3n) is 4.58. The monoisotopic (exact) mass is 274 g/mol. The van der Waals surface area contributed by atoms with Gasteiger partial charge >= 0.3 is 0 Å². The summed E-state index contributed by atoms with van der Waals surface area (Å²) in [5, 5.41) is 0. The van der Waals surface area contributed by atoms with E-state index in [0.717, 1.165) is 29.8 Å². The summed E-state index contributed by atoms with van der Waals surface area (Å²) in [6.45, 7) is 3.59. The summed E-state index contributed by atoms with van der Waals surface area (Å²) in [6.07, 6.45) is 4.36. The number of hydrogen-bond donors (Lipinski definition) is 1. The van der Waals surface area contributed by atoms with Gasteiger partial charge in [-0.25, -0.2) is 0 Å². The summed E-state index contributed by atoms with van der Waals surface area (Å²) < 4.78 is 5.82. The van der Waals surface area contributed by atoms with Crippen molar-refractivity contribution in [2.24, 2.45) is 5.73 Å². The lowest BCUT2D eigenvalue weighted by Crippen LogP contribution is -2.51. The minimum atomic E-state index is -0.809. The van der Waals surface area contributed by atoms with E-state index in [0.29, 0.717) is 0 Å². The molecule has 0 aromatic heterocycles. The Morgan fingerprint density at radius 2 is 1.90 bits per heavy atom. The SMILES string of the molecule is CN1C(=O)C(C)(C)Oc2ccc(C3(N)CCCC3)cc21. The third kappa shape index (κ3) is 1.90. The molecule has 1 saturated carbocycles. The highest BCUT2D eigenvalue weighted by Gasteiger charge is 2.40. The van der Waals surface area contributed by atoms with Gasteiger partial charge in [-0.05, 0) is 44.4 Å². The van der Waals surface area contributed by atoms with Crippen molar-refractivity contribution < 1.29 is 9.53 Å². The molecular formula is C16H22N2O2. The van der Waals surface area contributed by atoms with Crippen LogP contribution in [0.5, 0.6) is 5.75 Å².